The number of carbonyl (C=O) groups is 3. The summed E-state index contributed by atoms with van der Waals surface area (Å²) in [4.78, 5) is 34.4. The lowest BCUT2D eigenvalue weighted by molar-refractivity contribution is -0.155. The summed E-state index contributed by atoms with van der Waals surface area (Å²) in [7, 11) is 0. The summed E-state index contributed by atoms with van der Waals surface area (Å²) in [6.07, 6.45) is -0.235. The van der Waals surface area contributed by atoms with Gasteiger partial charge >= 0.3 is 5.97 Å². The van der Waals surface area contributed by atoms with Crippen LogP contribution in [0.5, 0.6) is 5.75 Å². The van der Waals surface area contributed by atoms with Gasteiger partial charge in [0.1, 0.15) is 12.0 Å². The van der Waals surface area contributed by atoms with Crippen LogP contribution in [0.15, 0.2) is 48.5 Å². The monoisotopic (exact) mass is 341 g/mol. The van der Waals surface area contributed by atoms with Crippen molar-refractivity contribution in [1.82, 2.24) is 0 Å². The summed E-state index contributed by atoms with van der Waals surface area (Å²) in [5, 5.41) is 2.68. The van der Waals surface area contributed by atoms with Crippen molar-refractivity contribution in [2.24, 2.45) is 0 Å². The second-order valence-corrected chi connectivity index (χ2v) is 5.47. The second kappa shape index (κ2) is 8.63. The smallest absolute Gasteiger partial charge is 0.344 e. The third-order valence-electron chi connectivity index (χ3n) is 3.34. The second-order valence-electron chi connectivity index (χ2n) is 5.47. The van der Waals surface area contributed by atoms with Crippen LogP contribution in [-0.2, 0) is 14.3 Å². The molecule has 2 rings (SSSR count). The van der Waals surface area contributed by atoms with Crippen molar-refractivity contribution < 1.29 is 23.9 Å². The molecule has 130 valence electrons. The molecule has 0 radical (unpaired) electrons. The number of rotatable bonds is 7. The molecule has 0 unspecified atom stereocenters. The van der Waals surface area contributed by atoms with E-state index in [1.165, 1.54) is 6.92 Å². The van der Waals surface area contributed by atoms with E-state index < -0.39 is 18.0 Å². The maximum absolute atomic E-state index is 12.0. The number of carbonyl (C=O) groups excluding carboxylic acids is 3. The predicted octanol–water partition coefficient (Wildman–Crippen LogP) is 2.76. The largest absolute Gasteiger partial charge is 0.482 e. The molecule has 0 aliphatic heterocycles. The lowest BCUT2D eigenvalue weighted by Gasteiger charge is -2.14. The fraction of sp³-hybridized carbons (Fsp3) is 0.211. The van der Waals surface area contributed by atoms with E-state index in [1.807, 2.05) is 25.1 Å². The first-order chi connectivity index (χ1) is 12.0. The molecule has 6 heteroatoms. The average molecular weight is 341 g/mol. The van der Waals surface area contributed by atoms with E-state index in [0.29, 0.717) is 23.3 Å². The summed E-state index contributed by atoms with van der Waals surface area (Å²) in [6.45, 7) is 3.07. The Labute approximate surface area is 145 Å². The van der Waals surface area contributed by atoms with E-state index in [1.54, 1.807) is 30.3 Å². The number of anilines is 1. The van der Waals surface area contributed by atoms with Crippen LogP contribution in [-0.4, -0.2) is 30.9 Å². The Morgan fingerprint density at radius 3 is 2.52 bits per heavy atom. The molecule has 1 atom stereocenters. The minimum absolute atomic E-state index is 0.331. The Bertz CT molecular complexity index is 755. The topological polar surface area (TPSA) is 81.7 Å². The van der Waals surface area contributed by atoms with Gasteiger partial charge in [0.15, 0.2) is 12.7 Å². The van der Waals surface area contributed by atoms with Crippen molar-refractivity contribution in [3.63, 3.8) is 0 Å². The van der Waals surface area contributed by atoms with Crippen LogP contribution in [0, 0.1) is 6.92 Å². The predicted molar refractivity (Wildman–Crippen MR) is 92.7 cm³/mol. The molecule has 0 aliphatic rings. The highest BCUT2D eigenvalue weighted by Crippen LogP contribution is 2.12. The van der Waals surface area contributed by atoms with Gasteiger partial charge in [0.2, 0.25) is 0 Å². The molecule has 0 aromatic heterocycles. The highest BCUT2D eigenvalue weighted by Gasteiger charge is 2.18. The van der Waals surface area contributed by atoms with E-state index in [9.17, 15) is 14.4 Å². The Balaban J connectivity index is 1.80. The van der Waals surface area contributed by atoms with Gasteiger partial charge in [-0.15, -0.1) is 0 Å². The van der Waals surface area contributed by atoms with Gasteiger partial charge in [-0.25, -0.2) is 4.79 Å². The summed E-state index contributed by atoms with van der Waals surface area (Å²) >= 11 is 0. The number of nitrogens with one attached hydrogen (secondary N) is 1. The summed E-state index contributed by atoms with van der Waals surface area (Å²) < 4.78 is 10.3. The van der Waals surface area contributed by atoms with Crippen molar-refractivity contribution in [3.8, 4) is 5.75 Å². The third kappa shape index (κ3) is 5.76. The van der Waals surface area contributed by atoms with Crippen molar-refractivity contribution in [2.45, 2.75) is 20.0 Å². The number of aryl methyl sites for hydroxylation is 1. The Kier molecular flexibility index (Phi) is 6.28. The van der Waals surface area contributed by atoms with Gasteiger partial charge in [0.25, 0.3) is 5.91 Å². The molecule has 0 bridgehead atoms. The maximum Gasteiger partial charge on any atom is 0.344 e. The first kappa shape index (κ1) is 18.2. The van der Waals surface area contributed by atoms with E-state index in [-0.39, 0.29) is 6.61 Å². The maximum atomic E-state index is 12.0. The van der Waals surface area contributed by atoms with Crippen LogP contribution in [0.1, 0.15) is 22.8 Å². The standard InChI is InChI=1S/C19H19NO5/c1-13-4-3-5-16(10-13)20-19(23)14(2)25-18(22)12-24-17-8-6-15(11-21)7-9-17/h3-11,14H,12H2,1-2H3,(H,20,23)/t14-/m1/s1. The van der Waals surface area contributed by atoms with Crippen LogP contribution in [0.3, 0.4) is 0 Å². The van der Waals surface area contributed by atoms with Crippen LogP contribution in [0.4, 0.5) is 5.69 Å². The zero-order chi connectivity index (χ0) is 18.2. The van der Waals surface area contributed by atoms with Crippen molar-refractivity contribution in [2.75, 3.05) is 11.9 Å². The number of amides is 1. The number of ether oxygens (including phenoxy) is 2. The summed E-state index contributed by atoms with van der Waals surface area (Å²) in [6, 6.07) is 13.6. The molecule has 0 saturated carbocycles. The van der Waals surface area contributed by atoms with Gasteiger partial charge in [-0.2, -0.15) is 0 Å². The number of hydrogen-bond donors (Lipinski definition) is 1. The minimum atomic E-state index is -0.950. The third-order valence-corrected chi connectivity index (χ3v) is 3.34. The lowest BCUT2D eigenvalue weighted by atomic mass is 10.2. The van der Waals surface area contributed by atoms with Gasteiger partial charge in [-0.1, -0.05) is 12.1 Å². The minimum Gasteiger partial charge on any atom is -0.482 e. The normalized spacial score (nSPS) is 11.3. The van der Waals surface area contributed by atoms with Crippen LogP contribution in [0.2, 0.25) is 0 Å². The molecule has 2 aromatic rings. The fourth-order valence-electron chi connectivity index (χ4n) is 2.04. The van der Waals surface area contributed by atoms with Gasteiger partial charge in [-0.05, 0) is 55.8 Å². The molecule has 0 saturated heterocycles. The molecule has 0 fully saturated rings. The average Bonchev–Trinajstić information content (AvgIpc) is 2.60. The molecule has 2 aromatic carbocycles. The van der Waals surface area contributed by atoms with E-state index in [2.05, 4.69) is 5.32 Å². The van der Waals surface area contributed by atoms with Crippen LogP contribution in [0.25, 0.3) is 0 Å². The van der Waals surface area contributed by atoms with Crippen molar-refractivity contribution >= 4 is 23.9 Å². The molecule has 1 amide bonds. The number of benzene rings is 2. The molecular weight excluding hydrogens is 322 g/mol. The number of hydrogen-bond acceptors (Lipinski definition) is 5. The van der Waals surface area contributed by atoms with Crippen LogP contribution < -0.4 is 10.1 Å². The Morgan fingerprint density at radius 2 is 1.88 bits per heavy atom. The van der Waals surface area contributed by atoms with Gasteiger partial charge < -0.3 is 14.8 Å². The van der Waals surface area contributed by atoms with E-state index >= 15 is 0 Å². The SMILES string of the molecule is Cc1cccc(NC(=O)[C@@H](C)OC(=O)COc2ccc(C=O)cc2)c1. The first-order valence-corrected chi connectivity index (χ1v) is 7.73. The highest BCUT2D eigenvalue weighted by atomic mass is 16.6. The zero-order valence-electron chi connectivity index (χ0n) is 14.0. The molecular formula is C19H19NO5. The number of esters is 1. The fourth-order valence-corrected chi connectivity index (χ4v) is 2.04. The molecule has 6 nitrogen and oxygen atoms in total. The molecule has 0 aliphatic carbocycles. The lowest BCUT2D eigenvalue weighted by Crippen LogP contribution is -2.31. The molecule has 0 heterocycles. The summed E-state index contributed by atoms with van der Waals surface area (Å²) in [5.74, 6) is -0.653. The van der Waals surface area contributed by atoms with E-state index in [0.717, 1.165) is 5.56 Å². The zero-order valence-corrected chi connectivity index (χ0v) is 14.0. The van der Waals surface area contributed by atoms with E-state index in [4.69, 9.17) is 9.47 Å². The molecule has 25 heavy (non-hydrogen) atoms. The quantitative estimate of drug-likeness (QED) is 0.618. The first-order valence-electron chi connectivity index (χ1n) is 7.73. The van der Waals surface area contributed by atoms with Gasteiger partial charge in [-0.3, -0.25) is 9.59 Å². The van der Waals surface area contributed by atoms with Crippen molar-refractivity contribution in [3.05, 3.63) is 59.7 Å². The van der Waals surface area contributed by atoms with Crippen molar-refractivity contribution in [1.29, 1.82) is 0 Å². The number of aldehydes is 1. The van der Waals surface area contributed by atoms with Gasteiger partial charge in [0, 0.05) is 11.3 Å². The van der Waals surface area contributed by atoms with Crippen LogP contribution >= 0.6 is 0 Å². The highest BCUT2D eigenvalue weighted by molar-refractivity contribution is 5.95. The molecule has 1 N–H and O–H groups in total. The summed E-state index contributed by atoms with van der Waals surface area (Å²) in [5.41, 5.74) is 2.16. The van der Waals surface area contributed by atoms with Gasteiger partial charge in [0.05, 0.1) is 0 Å². The Hall–Kier alpha value is -3.15. The Morgan fingerprint density at radius 1 is 1.16 bits per heavy atom. The molecule has 0 spiro atoms.